The lowest BCUT2D eigenvalue weighted by molar-refractivity contribution is 0.639. The summed E-state index contributed by atoms with van der Waals surface area (Å²) >= 11 is 0. The van der Waals surface area contributed by atoms with E-state index in [4.69, 9.17) is 0 Å². The lowest BCUT2D eigenvalue weighted by atomic mass is 10.1. The number of nitrogens with zero attached hydrogens (tertiary/aromatic N) is 1. The smallest absolute Gasteiger partial charge is 0.132 e. The van der Waals surface area contributed by atoms with Gasteiger partial charge in [0.1, 0.15) is 5.82 Å². The Hall–Kier alpha value is -2.46. The summed E-state index contributed by atoms with van der Waals surface area (Å²) in [5.74, 6) is -0.226. The van der Waals surface area contributed by atoms with E-state index in [0.717, 1.165) is 29.9 Å². The van der Waals surface area contributed by atoms with Crippen molar-refractivity contribution >= 4 is 16.6 Å². The molecule has 4 rings (SSSR count). The minimum atomic E-state index is -0.226. The van der Waals surface area contributed by atoms with E-state index >= 15 is 0 Å². The molecule has 22 heavy (non-hydrogen) atoms. The van der Waals surface area contributed by atoms with Crippen LogP contribution in [0.3, 0.4) is 0 Å². The van der Waals surface area contributed by atoms with Crippen molar-refractivity contribution in [3.8, 4) is 0 Å². The molecule has 4 heteroatoms. The van der Waals surface area contributed by atoms with E-state index in [2.05, 4.69) is 33.8 Å². The fourth-order valence-electron chi connectivity index (χ4n) is 2.94. The Labute approximate surface area is 128 Å². The van der Waals surface area contributed by atoms with Gasteiger partial charge >= 0.3 is 0 Å². The first-order valence-corrected chi connectivity index (χ1v) is 7.40. The summed E-state index contributed by atoms with van der Waals surface area (Å²) in [5.41, 5.74) is 5.50. The monoisotopic (exact) mass is 293 g/mol. The van der Waals surface area contributed by atoms with Gasteiger partial charge in [-0.1, -0.05) is 12.1 Å². The number of hydrogen-bond donors (Lipinski definition) is 2. The Morgan fingerprint density at radius 3 is 2.95 bits per heavy atom. The summed E-state index contributed by atoms with van der Waals surface area (Å²) in [6.45, 7) is 2.49. The van der Waals surface area contributed by atoms with Crippen LogP contribution in [0.2, 0.25) is 0 Å². The molecule has 0 unspecified atom stereocenters. The molecule has 3 aromatic rings. The topological polar surface area (TPSA) is 37.0 Å². The standard InChI is InChI=1S/C18H16FN3/c19-17-6-4-13(18-16(17)2-1-7-21-18)11-22-15-5-3-12-9-20-10-14(12)8-15/h1-8,20,22H,9-11H2. The van der Waals surface area contributed by atoms with Crippen LogP contribution in [-0.2, 0) is 19.6 Å². The number of hydrogen-bond acceptors (Lipinski definition) is 3. The van der Waals surface area contributed by atoms with Gasteiger partial charge in [-0.15, -0.1) is 0 Å². The molecule has 0 atom stereocenters. The first-order valence-electron chi connectivity index (χ1n) is 7.40. The normalized spacial score (nSPS) is 13.3. The quantitative estimate of drug-likeness (QED) is 0.775. The number of benzene rings is 2. The van der Waals surface area contributed by atoms with Gasteiger partial charge in [0.2, 0.25) is 0 Å². The van der Waals surface area contributed by atoms with Crippen molar-refractivity contribution in [2.75, 3.05) is 5.32 Å². The summed E-state index contributed by atoms with van der Waals surface area (Å²) in [6.07, 6.45) is 1.70. The second kappa shape index (κ2) is 5.39. The molecular formula is C18H16FN3. The number of rotatable bonds is 3. The maximum absolute atomic E-state index is 13.8. The third-order valence-corrected chi connectivity index (χ3v) is 4.12. The summed E-state index contributed by atoms with van der Waals surface area (Å²) in [6, 6.07) is 13.2. The van der Waals surface area contributed by atoms with Gasteiger partial charge in [0.25, 0.3) is 0 Å². The van der Waals surface area contributed by atoms with Crippen molar-refractivity contribution in [2.45, 2.75) is 19.6 Å². The fraction of sp³-hybridized carbons (Fsp3) is 0.167. The molecule has 0 spiro atoms. The third kappa shape index (κ3) is 2.31. The lowest BCUT2D eigenvalue weighted by Crippen LogP contribution is -2.02. The van der Waals surface area contributed by atoms with E-state index in [-0.39, 0.29) is 5.82 Å². The van der Waals surface area contributed by atoms with E-state index in [9.17, 15) is 4.39 Å². The highest BCUT2D eigenvalue weighted by Crippen LogP contribution is 2.23. The first-order chi connectivity index (χ1) is 10.8. The zero-order valence-corrected chi connectivity index (χ0v) is 12.1. The Kier molecular flexibility index (Phi) is 3.24. The summed E-state index contributed by atoms with van der Waals surface area (Å²) in [4.78, 5) is 4.32. The molecule has 1 aliphatic rings. The van der Waals surface area contributed by atoms with Crippen molar-refractivity contribution in [1.82, 2.24) is 10.3 Å². The van der Waals surface area contributed by atoms with Crippen molar-refractivity contribution in [3.63, 3.8) is 0 Å². The van der Waals surface area contributed by atoms with Gasteiger partial charge in [-0.3, -0.25) is 4.98 Å². The van der Waals surface area contributed by atoms with Gasteiger partial charge in [0, 0.05) is 36.9 Å². The highest BCUT2D eigenvalue weighted by Gasteiger charge is 2.10. The zero-order chi connectivity index (χ0) is 14.9. The van der Waals surface area contributed by atoms with Crippen molar-refractivity contribution in [3.05, 3.63) is 71.2 Å². The number of anilines is 1. The summed E-state index contributed by atoms with van der Waals surface area (Å²) in [7, 11) is 0. The van der Waals surface area contributed by atoms with Crippen molar-refractivity contribution < 1.29 is 4.39 Å². The number of pyridine rings is 1. The molecule has 1 aliphatic heterocycles. The van der Waals surface area contributed by atoms with E-state index < -0.39 is 0 Å². The second-order valence-electron chi connectivity index (χ2n) is 5.55. The summed E-state index contributed by atoms with van der Waals surface area (Å²) in [5, 5.41) is 7.32. The minimum Gasteiger partial charge on any atom is -0.381 e. The molecule has 0 bridgehead atoms. The predicted molar refractivity (Wildman–Crippen MR) is 86.0 cm³/mol. The van der Waals surface area contributed by atoms with Gasteiger partial charge in [-0.05, 0) is 47.0 Å². The van der Waals surface area contributed by atoms with Crippen LogP contribution in [0.5, 0.6) is 0 Å². The highest BCUT2D eigenvalue weighted by atomic mass is 19.1. The van der Waals surface area contributed by atoms with Gasteiger partial charge in [0.05, 0.1) is 5.52 Å². The first kappa shape index (κ1) is 13.2. The molecular weight excluding hydrogens is 277 g/mol. The highest BCUT2D eigenvalue weighted by molar-refractivity contribution is 5.82. The van der Waals surface area contributed by atoms with Gasteiger partial charge in [-0.25, -0.2) is 4.39 Å². The van der Waals surface area contributed by atoms with Crippen molar-refractivity contribution in [1.29, 1.82) is 0 Å². The Bertz CT molecular complexity index is 845. The van der Waals surface area contributed by atoms with Crippen LogP contribution < -0.4 is 10.6 Å². The SMILES string of the molecule is Fc1ccc(CNc2ccc3c(c2)CNC3)c2ncccc12. The maximum Gasteiger partial charge on any atom is 0.132 e. The van der Waals surface area contributed by atoms with E-state index in [1.807, 2.05) is 0 Å². The average molecular weight is 293 g/mol. The van der Waals surface area contributed by atoms with Crippen LogP contribution in [0.1, 0.15) is 16.7 Å². The molecule has 2 aromatic carbocycles. The summed E-state index contributed by atoms with van der Waals surface area (Å²) < 4.78 is 13.8. The van der Waals surface area contributed by atoms with Crippen LogP contribution in [0.4, 0.5) is 10.1 Å². The molecule has 2 heterocycles. The molecule has 0 saturated carbocycles. The Morgan fingerprint density at radius 1 is 1.09 bits per heavy atom. The van der Waals surface area contributed by atoms with Crippen LogP contribution in [0.15, 0.2) is 48.7 Å². The van der Waals surface area contributed by atoms with Gasteiger partial charge in [0.15, 0.2) is 0 Å². The average Bonchev–Trinajstić information content (AvgIpc) is 3.02. The fourth-order valence-corrected chi connectivity index (χ4v) is 2.94. The Morgan fingerprint density at radius 2 is 2.00 bits per heavy atom. The van der Waals surface area contributed by atoms with E-state index in [1.165, 1.54) is 17.2 Å². The number of aromatic nitrogens is 1. The number of halogens is 1. The molecule has 1 aromatic heterocycles. The maximum atomic E-state index is 13.8. The van der Waals surface area contributed by atoms with Crippen molar-refractivity contribution in [2.24, 2.45) is 0 Å². The molecule has 0 fully saturated rings. The number of nitrogens with one attached hydrogen (secondary N) is 2. The largest absolute Gasteiger partial charge is 0.381 e. The molecule has 2 N–H and O–H groups in total. The third-order valence-electron chi connectivity index (χ3n) is 4.12. The van der Waals surface area contributed by atoms with E-state index in [1.54, 1.807) is 24.4 Å². The van der Waals surface area contributed by atoms with Crippen LogP contribution in [-0.4, -0.2) is 4.98 Å². The van der Waals surface area contributed by atoms with Crippen LogP contribution in [0, 0.1) is 5.82 Å². The van der Waals surface area contributed by atoms with Crippen LogP contribution >= 0.6 is 0 Å². The second-order valence-corrected chi connectivity index (χ2v) is 5.55. The molecule has 3 nitrogen and oxygen atoms in total. The molecule has 110 valence electrons. The van der Waals surface area contributed by atoms with E-state index in [0.29, 0.717) is 11.9 Å². The molecule has 0 amide bonds. The molecule has 0 saturated heterocycles. The molecule has 0 radical (unpaired) electrons. The van der Waals surface area contributed by atoms with Crippen LogP contribution in [0.25, 0.3) is 10.9 Å². The molecule has 0 aliphatic carbocycles. The Balaban J connectivity index is 1.61. The minimum absolute atomic E-state index is 0.226. The van der Waals surface area contributed by atoms with Gasteiger partial charge < -0.3 is 10.6 Å². The number of fused-ring (bicyclic) bond motifs is 2. The predicted octanol–water partition coefficient (Wildman–Crippen LogP) is 3.59. The lowest BCUT2D eigenvalue weighted by Gasteiger charge is -2.10. The zero-order valence-electron chi connectivity index (χ0n) is 12.1. The van der Waals surface area contributed by atoms with Gasteiger partial charge in [-0.2, -0.15) is 0 Å².